The Labute approximate surface area is 72.6 Å². The zero-order valence-corrected chi connectivity index (χ0v) is 7.45. The van der Waals surface area contributed by atoms with E-state index in [2.05, 4.69) is 12.0 Å². The van der Waals surface area contributed by atoms with Crippen molar-refractivity contribution in [1.29, 1.82) is 0 Å². The summed E-state index contributed by atoms with van der Waals surface area (Å²) in [7, 11) is 0. The quantitative estimate of drug-likeness (QED) is 0.724. The van der Waals surface area contributed by atoms with Gasteiger partial charge in [-0.3, -0.25) is 4.68 Å². The molecular formula is C9H15N3. The highest BCUT2D eigenvalue weighted by Crippen LogP contribution is 2.41. The minimum absolute atomic E-state index is 0.485. The Morgan fingerprint density at radius 3 is 2.83 bits per heavy atom. The van der Waals surface area contributed by atoms with Gasteiger partial charge in [0, 0.05) is 12.7 Å². The van der Waals surface area contributed by atoms with Gasteiger partial charge in [0.05, 0.1) is 11.9 Å². The summed E-state index contributed by atoms with van der Waals surface area (Å²) >= 11 is 0. The Morgan fingerprint density at radius 1 is 1.67 bits per heavy atom. The maximum absolute atomic E-state index is 5.57. The molecule has 12 heavy (non-hydrogen) atoms. The lowest BCUT2D eigenvalue weighted by Crippen LogP contribution is -2.30. The van der Waals surface area contributed by atoms with E-state index in [9.17, 15) is 0 Å². The third-order valence-electron chi connectivity index (χ3n) is 2.76. The van der Waals surface area contributed by atoms with Crippen molar-refractivity contribution in [1.82, 2.24) is 9.78 Å². The second kappa shape index (κ2) is 2.51. The molecule has 0 aromatic carbocycles. The van der Waals surface area contributed by atoms with E-state index in [0.717, 1.165) is 12.2 Å². The summed E-state index contributed by atoms with van der Waals surface area (Å²) in [6.45, 7) is 3.33. The smallest absolute Gasteiger partial charge is 0.0719 e. The van der Waals surface area contributed by atoms with Crippen LogP contribution in [0.2, 0.25) is 0 Å². The van der Waals surface area contributed by atoms with Crippen molar-refractivity contribution in [3.05, 3.63) is 12.4 Å². The molecule has 2 N–H and O–H groups in total. The maximum atomic E-state index is 5.57. The van der Waals surface area contributed by atoms with Gasteiger partial charge in [-0.25, -0.2) is 0 Å². The predicted octanol–water partition coefficient (Wildman–Crippen LogP) is 1.66. The molecule has 1 saturated carbocycles. The normalized spacial score (nSPS) is 20.4. The Hall–Kier alpha value is -0.990. The highest BCUT2D eigenvalue weighted by Gasteiger charge is 2.32. The molecule has 1 heterocycles. The summed E-state index contributed by atoms with van der Waals surface area (Å²) in [5.41, 5.74) is 6.82. The van der Waals surface area contributed by atoms with Gasteiger partial charge in [-0.1, -0.05) is 13.3 Å². The topological polar surface area (TPSA) is 43.8 Å². The molecular weight excluding hydrogens is 150 g/mol. The second-order valence-electron chi connectivity index (χ2n) is 4.14. The number of hydrogen-bond acceptors (Lipinski definition) is 2. The Bertz CT molecular complexity index is 273. The zero-order chi connectivity index (χ0) is 8.60. The van der Waals surface area contributed by atoms with E-state index in [0.29, 0.717) is 5.41 Å². The Morgan fingerprint density at radius 2 is 2.42 bits per heavy atom. The first-order valence-electron chi connectivity index (χ1n) is 4.46. The van der Waals surface area contributed by atoms with Crippen molar-refractivity contribution in [3.63, 3.8) is 0 Å². The average Bonchev–Trinajstić information content (AvgIpc) is 2.32. The molecule has 66 valence electrons. The van der Waals surface area contributed by atoms with Gasteiger partial charge in [0.2, 0.25) is 0 Å². The average molecular weight is 165 g/mol. The fourth-order valence-electron chi connectivity index (χ4n) is 1.80. The minimum Gasteiger partial charge on any atom is -0.396 e. The van der Waals surface area contributed by atoms with Crippen LogP contribution in [0, 0.1) is 5.41 Å². The summed E-state index contributed by atoms with van der Waals surface area (Å²) in [6, 6.07) is 0. The van der Waals surface area contributed by atoms with Crippen molar-refractivity contribution in [2.45, 2.75) is 32.7 Å². The standard InChI is InChI=1S/C9H15N3/c1-9(3-2-4-9)7-12-6-8(10)5-11-12/h5-6H,2-4,7,10H2,1H3. The number of nitrogen functional groups attached to an aromatic ring is 1. The van der Waals surface area contributed by atoms with Crippen LogP contribution < -0.4 is 5.73 Å². The predicted molar refractivity (Wildman–Crippen MR) is 48.6 cm³/mol. The molecule has 1 aliphatic rings. The molecule has 0 spiro atoms. The molecule has 1 fully saturated rings. The van der Waals surface area contributed by atoms with Crippen LogP contribution in [0.5, 0.6) is 0 Å². The molecule has 3 heteroatoms. The van der Waals surface area contributed by atoms with Crippen LogP contribution in [0.3, 0.4) is 0 Å². The van der Waals surface area contributed by atoms with Crippen LogP contribution in [0.15, 0.2) is 12.4 Å². The van der Waals surface area contributed by atoms with E-state index in [1.165, 1.54) is 19.3 Å². The van der Waals surface area contributed by atoms with Crippen molar-refractivity contribution >= 4 is 5.69 Å². The summed E-state index contributed by atoms with van der Waals surface area (Å²) in [4.78, 5) is 0. The van der Waals surface area contributed by atoms with E-state index in [4.69, 9.17) is 5.73 Å². The molecule has 0 atom stereocenters. The van der Waals surface area contributed by atoms with Gasteiger partial charge >= 0.3 is 0 Å². The summed E-state index contributed by atoms with van der Waals surface area (Å²) in [5.74, 6) is 0. The highest BCUT2D eigenvalue weighted by molar-refractivity contribution is 5.30. The molecule has 0 unspecified atom stereocenters. The van der Waals surface area contributed by atoms with Crippen molar-refractivity contribution in [2.75, 3.05) is 5.73 Å². The minimum atomic E-state index is 0.485. The van der Waals surface area contributed by atoms with Crippen LogP contribution >= 0.6 is 0 Å². The monoisotopic (exact) mass is 165 g/mol. The third-order valence-corrected chi connectivity index (χ3v) is 2.76. The SMILES string of the molecule is CC1(Cn2cc(N)cn2)CCC1. The molecule has 0 radical (unpaired) electrons. The molecule has 0 aliphatic heterocycles. The lowest BCUT2D eigenvalue weighted by molar-refractivity contribution is 0.126. The van der Waals surface area contributed by atoms with E-state index in [1.807, 2.05) is 10.9 Å². The first-order chi connectivity index (χ1) is 5.68. The Kier molecular flexibility index (Phi) is 1.60. The fraction of sp³-hybridized carbons (Fsp3) is 0.667. The van der Waals surface area contributed by atoms with E-state index in [1.54, 1.807) is 6.20 Å². The van der Waals surface area contributed by atoms with Crippen LogP contribution in [0.25, 0.3) is 0 Å². The molecule has 0 bridgehead atoms. The summed E-state index contributed by atoms with van der Waals surface area (Å²) in [5, 5.41) is 4.17. The van der Waals surface area contributed by atoms with Gasteiger partial charge < -0.3 is 5.73 Å². The number of nitrogens with zero attached hydrogens (tertiary/aromatic N) is 2. The Balaban J connectivity index is 2.03. The molecule has 0 amide bonds. The fourth-order valence-corrected chi connectivity index (χ4v) is 1.80. The lowest BCUT2D eigenvalue weighted by atomic mass is 9.70. The highest BCUT2D eigenvalue weighted by atomic mass is 15.3. The molecule has 1 aromatic heterocycles. The molecule has 0 saturated heterocycles. The molecule has 3 nitrogen and oxygen atoms in total. The zero-order valence-electron chi connectivity index (χ0n) is 7.45. The molecule has 1 aliphatic carbocycles. The van der Waals surface area contributed by atoms with Crippen LogP contribution in [-0.2, 0) is 6.54 Å². The largest absolute Gasteiger partial charge is 0.396 e. The van der Waals surface area contributed by atoms with Crippen molar-refractivity contribution in [3.8, 4) is 0 Å². The number of rotatable bonds is 2. The van der Waals surface area contributed by atoms with Crippen molar-refractivity contribution < 1.29 is 0 Å². The molecule has 1 aromatic rings. The lowest BCUT2D eigenvalue weighted by Gasteiger charge is -2.38. The van der Waals surface area contributed by atoms with E-state index < -0.39 is 0 Å². The third kappa shape index (κ3) is 1.31. The maximum Gasteiger partial charge on any atom is 0.0719 e. The van der Waals surface area contributed by atoms with Gasteiger partial charge in [0.1, 0.15) is 0 Å². The molecule has 2 rings (SSSR count). The second-order valence-corrected chi connectivity index (χ2v) is 4.14. The van der Waals surface area contributed by atoms with E-state index >= 15 is 0 Å². The van der Waals surface area contributed by atoms with Gasteiger partial charge in [0.15, 0.2) is 0 Å². The number of hydrogen-bond donors (Lipinski definition) is 1. The number of nitrogens with two attached hydrogens (primary N) is 1. The van der Waals surface area contributed by atoms with Crippen LogP contribution in [0.4, 0.5) is 5.69 Å². The van der Waals surface area contributed by atoms with Gasteiger partial charge in [0.25, 0.3) is 0 Å². The van der Waals surface area contributed by atoms with Gasteiger partial charge in [-0.15, -0.1) is 0 Å². The van der Waals surface area contributed by atoms with Crippen molar-refractivity contribution in [2.24, 2.45) is 5.41 Å². The van der Waals surface area contributed by atoms with E-state index in [-0.39, 0.29) is 0 Å². The van der Waals surface area contributed by atoms with Crippen LogP contribution in [-0.4, -0.2) is 9.78 Å². The van der Waals surface area contributed by atoms with Crippen LogP contribution in [0.1, 0.15) is 26.2 Å². The number of aromatic nitrogens is 2. The summed E-state index contributed by atoms with van der Waals surface area (Å²) in [6.07, 6.45) is 7.64. The van der Waals surface area contributed by atoms with Gasteiger partial charge in [-0.2, -0.15) is 5.10 Å². The first-order valence-corrected chi connectivity index (χ1v) is 4.46. The first kappa shape index (κ1) is 7.65. The number of anilines is 1. The summed E-state index contributed by atoms with van der Waals surface area (Å²) < 4.78 is 1.95. The van der Waals surface area contributed by atoms with Gasteiger partial charge in [-0.05, 0) is 18.3 Å².